The van der Waals surface area contributed by atoms with Crippen LogP contribution >= 0.6 is 23.2 Å². The number of halogens is 2. The van der Waals surface area contributed by atoms with Gasteiger partial charge in [0.2, 0.25) is 0 Å². The van der Waals surface area contributed by atoms with Crippen LogP contribution in [-0.2, 0) is 26.0 Å². The summed E-state index contributed by atoms with van der Waals surface area (Å²) >= 11 is 12.3. The van der Waals surface area contributed by atoms with Crippen molar-refractivity contribution in [3.8, 4) is 0 Å². The summed E-state index contributed by atoms with van der Waals surface area (Å²) in [5.74, 6) is -0.0279. The Labute approximate surface area is 280 Å². The van der Waals surface area contributed by atoms with E-state index in [1.54, 1.807) is 63.4 Å². The Morgan fingerprint density at radius 3 is 2.35 bits per heavy atom. The van der Waals surface area contributed by atoms with Crippen molar-refractivity contribution >= 4 is 67.3 Å². The number of nitrogens with zero attached hydrogens (tertiary/aromatic N) is 3. The van der Waals surface area contributed by atoms with Gasteiger partial charge in [-0.3, -0.25) is 13.9 Å². The molecule has 4 rings (SSSR count). The molecule has 1 aromatic heterocycles. The highest BCUT2D eigenvalue weighted by molar-refractivity contribution is 7.92. The summed E-state index contributed by atoms with van der Waals surface area (Å²) in [5.41, 5.74) is 0.892. The summed E-state index contributed by atoms with van der Waals surface area (Å²) < 4.78 is 34.3. The quantitative estimate of drug-likeness (QED) is 0.120. The zero-order chi connectivity index (χ0) is 33.6. The molecule has 9 nitrogen and oxygen atoms in total. The number of esters is 1. The maximum absolute atomic E-state index is 13.9. The fraction of sp³-hybridized carbons (Fsp3) is 0.324. The standard InChI is InChI=1S/C34H38Cl2N4O5S/c1-34(2,3)45-33(42)22-40(46(43,44)28-20-25(35)19-26(36)21-28)27-10-11-29-24(18-27)7-6-8-30(29)31(41)12-9-23-13-14-37-32(17-23)38-15-16-39(4)5/h6-8,10-11,13-14,17-21H,9,12,15-16,22H2,1-5H3,(H,37,38). The molecule has 0 atom stereocenters. The van der Waals surface area contributed by atoms with Crippen LogP contribution in [0, 0.1) is 0 Å². The maximum atomic E-state index is 13.9. The van der Waals surface area contributed by atoms with Crippen LogP contribution in [0.25, 0.3) is 10.8 Å². The average Bonchev–Trinajstić information content (AvgIpc) is 2.96. The van der Waals surface area contributed by atoms with Crippen molar-refractivity contribution in [3.63, 3.8) is 0 Å². The zero-order valence-electron chi connectivity index (χ0n) is 26.5. The summed E-state index contributed by atoms with van der Waals surface area (Å²) in [5, 5.41) is 4.86. The predicted molar refractivity (Wildman–Crippen MR) is 185 cm³/mol. The molecule has 12 heteroatoms. The number of ether oxygens (including phenoxy) is 1. The highest BCUT2D eigenvalue weighted by atomic mass is 35.5. The minimum atomic E-state index is -4.31. The second-order valence-corrected chi connectivity index (χ2v) is 14.9. The second kappa shape index (κ2) is 14.8. The smallest absolute Gasteiger partial charge is 0.327 e. The van der Waals surface area contributed by atoms with Crippen molar-refractivity contribution in [2.45, 2.75) is 44.1 Å². The lowest BCUT2D eigenvalue weighted by Crippen LogP contribution is -2.39. The number of carbonyl (C=O) groups excluding carboxylic acids is 2. The highest BCUT2D eigenvalue weighted by Gasteiger charge is 2.30. The molecule has 46 heavy (non-hydrogen) atoms. The van der Waals surface area contributed by atoms with Crippen LogP contribution in [-0.4, -0.2) is 69.4 Å². The third kappa shape index (κ3) is 9.42. The van der Waals surface area contributed by atoms with Gasteiger partial charge in [-0.15, -0.1) is 0 Å². The first kappa shape index (κ1) is 35.2. The number of hydrogen-bond acceptors (Lipinski definition) is 8. The largest absolute Gasteiger partial charge is 0.459 e. The molecule has 0 radical (unpaired) electrons. The van der Waals surface area contributed by atoms with Gasteiger partial charge in [-0.2, -0.15) is 0 Å². The molecule has 0 fully saturated rings. The SMILES string of the molecule is CN(C)CCNc1cc(CCC(=O)c2cccc3cc(N(CC(=O)OC(C)(C)C)S(=O)(=O)c4cc(Cl)cc(Cl)c4)ccc23)ccn1. The molecule has 4 aromatic rings. The Bertz CT molecular complexity index is 1820. The summed E-state index contributed by atoms with van der Waals surface area (Å²) in [4.78, 5) is 32.6. The van der Waals surface area contributed by atoms with Crippen molar-refractivity contribution in [1.29, 1.82) is 0 Å². The summed E-state index contributed by atoms with van der Waals surface area (Å²) in [7, 11) is -0.305. The summed E-state index contributed by atoms with van der Waals surface area (Å²) in [6.45, 7) is 6.13. The lowest BCUT2D eigenvalue weighted by molar-refractivity contribution is -0.152. The Hall–Kier alpha value is -3.70. The Morgan fingerprint density at radius 1 is 0.957 bits per heavy atom. The van der Waals surface area contributed by atoms with E-state index in [0.717, 1.165) is 28.8 Å². The van der Waals surface area contributed by atoms with Gasteiger partial charge >= 0.3 is 5.97 Å². The van der Waals surface area contributed by atoms with Gasteiger partial charge in [0.1, 0.15) is 18.0 Å². The van der Waals surface area contributed by atoms with Crippen molar-refractivity contribution in [2.75, 3.05) is 43.4 Å². The number of aryl methyl sites for hydroxylation is 1. The molecule has 0 amide bonds. The topological polar surface area (TPSA) is 109 Å². The molecule has 0 aliphatic carbocycles. The fourth-order valence-corrected chi connectivity index (χ4v) is 6.93. The number of ketones is 1. The van der Waals surface area contributed by atoms with Crippen LogP contribution in [0.2, 0.25) is 10.0 Å². The van der Waals surface area contributed by atoms with E-state index >= 15 is 0 Å². The minimum Gasteiger partial charge on any atom is -0.459 e. The van der Waals surface area contributed by atoms with Gasteiger partial charge in [0, 0.05) is 41.3 Å². The number of nitrogens with one attached hydrogen (secondary N) is 1. The first-order valence-corrected chi connectivity index (χ1v) is 16.9. The molecule has 1 N–H and O–H groups in total. The fourth-order valence-electron chi connectivity index (χ4n) is 4.81. The molecule has 0 saturated heterocycles. The second-order valence-electron chi connectivity index (χ2n) is 12.1. The van der Waals surface area contributed by atoms with Crippen molar-refractivity contribution in [2.24, 2.45) is 0 Å². The van der Waals surface area contributed by atoms with Crippen LogP contribution < -0.4 is 9.62 Å². The van der Waals surface area contributed by atoms with E-state index in [1.165, 1.54) is 18.2 Å². The van der Waals surface area contributed by atoms with Crippen LogP contribution in [0.3, 0.4) is 0 Å². The van der Waals surface area contributed by atoms with Crippen LogP contribution in [0.5, 0.6) is 0 Å². The molecule has 3 aromatic carbocycles. The van der Waals surface area contributed by atoms with Gasteiger partial charge in [0.25, 0.3) is 10.0 Å². The highest BCUT2D eigenvalue weighted by Crippen LogP contribution is 2.32. The van der Waals surface area contributed by atoms with E-state index in [2.05, 4.69) is 15.2 Å². The van der Waals surface area contributed by atoms with Crippen LogP contribution in [0.1, 0.15) is 43.1 Å². The number of hydrogen-bond donors (Lipinski definition) is 1. The number of pyridine rings is 1. The molecule has 1 heterocycles. The molecule has 0 aliphatic rings. The lowest BCUT2D eigenvalue weighted by Gasteiger charge is -2.27. The van der Waals surface area contributed by atoms with Gasteiger partial charge in [-0.1, -0.05) is 47.5 Å². The molecule has 0 unspecified atom stereocenters. The number of fused-ring (bicyclic) bond motifs is 1. The Morgan fingerprint density at radius 2 is 1.67 bits per heavy atom. The van der Waals surface area contributed by atoms with Crippen molar-refractivity contribution < 1.29 is 22.7 Å². The van der Waals surface area contributed by atoms with Crippen LogP contribution in [0.4, 0.5) is 11.5 Å². The van der Waals surface area contributed by atoms with E-state index in [9.17, 15) is 18.0 Å². The van der Waals surface area contributed by atoms with E-state index in [1.807, 2.05) is 26.2 Å². The monoisotopic (exact) mass is 684 g/mol. The number of anilines is 2. The predicted octanol–water partition coefficient (Wildman–Crippen LogP) is 6.87. The molecule has 0 saturated carbocycles. The number of carbonyl (C=O) groups is 2. The Balaban J connectivity index is 1.62. The van der Waals surface area contributed by atoms with Crippen molar-refractivity contribution in [3.05, 3.63) is 94.1 Å². The maximum Gasteiger partial charge on any atom is 0.327 e. The first-order chi connectivity index (χ1) is 21.6. The molecule has 0 spiro atoms. The van der Waals surface area contributed by atoms with Gasteiger partial charge in [-0.25, -0.2) is 13.4 Å². The summed E-state index contributed by atoms with van der Waals surface area (Å²) in [6.07, 6.45) is 2.53. The normalized spacial score (nSPS) is 11.9. The van der Waals surface area contributed by atoms with Gasteiger partial charge < -0.3 is 15.0 Å². The molecule has 0 bridgehead atoms. The average molecular weight is 686 g/mol. The van der Waals surface area contributed by atoms with E-state index in [0.29, 0.717) is 22.8 Å². The van der Waals surface area contributed by atoms with E-state index in [4.69, 9.17) is 27.9 Å². The molecular formula is C34H38Cl2N4O5S. The molecule has 244 valence electrons. The number of aromatic nitrogens is 1. The van der Waals surface area contributed by atoms with E-state index in [-0.39, 0.29) is 32.8 Å². The van der Waals surface area contributed by atoms with E-state index < -0.39 is 28.1 Å². The van der Waals surface area contributed by atoms with Crippen LogP contribution in [0.15, 0.2) is 77.8 Å². The zero-order valence-corrected chi connectivity index (χ0v) is 28.8. The number of benzene rings is 3. The third-order valence-corrected chi connectivity index (χ3v) is 9.09. The number of likely N-dealkylation sites (N-methyl/N-ethyl adjacent to an activating group) is 1. The third-order valence-electron chi connectivity index (χ3n) is 6.90. The number of sulfonamides is 1. The molecule has 0 aliphatic heterocycles. The van der Waals surface area contributed by atoms with Gasteiger partial charge in [0.15, 0.2) is 5.78 Å². The minimum absolute atomic E-state index is 0.0518. The Kier molecular flexibility index (Phi) is 11.3. The van der Waals surface area contributed by atoms with Crippen molar-refractivity contribution in [1.82, 2.24) is 9.88 Å². The van der Waals surface area contributed by atoms with Gasteiger partial charge in [-0.05, 0) is 100 Å². The van der Waals surface area contributed by atoms with Gasteiger partial charge in [0.05, 0.1) is 10.6 Å². The lowest BCUT2D eigenvalue weighted by atomic mass is 9.97. The summed E-state index contributed by atoms with van der Waals surface area (Å²) in [6, 6.07) is 18.0. The first-order valence-electron chi connectivity index (χ1n) is 14.7. The molecular weight excluding hydrogens is 647 g/mol. The number of Topliss-reactive ketones (excluding diaryl/α,β-unsaturated/α-hetero) is 1. The number of rotatable bonds is 13.